The standard InChI is InChI=1S/C23H23NO3/c1-13-3-8-19(11-14(13)2)27-18-9-6-17(7-10-18)24-22(25)20-15-4-5-16(12-15)21(20)23(24)26/h3,6-11,15-16,20-21H,4-5,12H2,1-2H3/t15-,16-,20+,21+/m0/s1. The summed E-state index contributed by atoms with van der Waals surface area (Å²) in [6.45, 7) is 4.12. The van der Waals surface area contributed by atoms with Crippen LogP contribution in [0.2, 0.25) is 0 Å². The van der Waals surface area contributed by atoms with Crippen LogP contribution in [-0.4, -0.2) is 11.8 Å². The molecular weight excluding hydrogens is 338 g/mol. The summed E-state index contributed by atoms with van der Waals surface area (Å²) in [5, 5.41) is 0. The van der Waals surface area contributed by atoms with E-state index in [0.717, 1.165) is 25.0 Å². The Bertz CT molecular complexity index is 905. The summed E-state index contributed by atoms with van der Waals surface area (Å²) in [4.78, 5) is 27.2. The Kier molecular flexibility index (Phi) is 3.64. The van der Waals surface area contributed by atoms with E-state index in [-0.39, 0.29) is 23.7 Å². The van der Waals surface area contributed by atoms with Gasteiger partial charge in [-0.25, -0.2) is 0 Å². The van der Waals surface area contributed by atoms with Crippen LogP contribution in [0.15, 0.2) is 42.5 Å². The van der Waals surface area contributed by atoms with Gasteiger partial charge in [0, 0.05) is 0 Å². The maximum absolute atomic E-state index is 12.9. The molecule has 0 spiro atoms. The SMILES string of the molecule is Cc1ccc(Oc2ccc(N3C(=O)[C@@H]4[C@H]5CC[C@@H](C5)[C@H]4C3=O)cc2)cc1C. The lowest BCUT2D eigenvalue weighted by Crippen LogP contribution is -2.32. The van der Waals surface area contributed by atoms with Gasteiger partial charge in [-0.1, -0.05) is 6.07 Å². The third-order valence-electron chi connectivity index (χ3n) is 6.74. The molecule has 1 saturated heterocycles. The number of imide groups is 1. The van der Waals surface area contributed by atoms with Crippen molar-refractivity contribution in [2.75, 3.05) is 4.90 Å². The molecule has 2 aromatic rings. The number of fused-ring (bicyclic) bond motifs is 5. The second-order valence-electron chi connectivity index (χ2n) is 8.24. The quantitative estimate of drug-likeness (QED) is 0.749. The number of hydrogen-bond donors (Lipinski definition) is 0. The molecule has 1 heterocycles. The van der Waals surface area contributed by atoms with Crippen molar-refractivity contribution in [2.24, 2.45) is 23.7 Å². The van der Waals surface area contributed by atoms with E-state index in [2.05, 4.69) is 13.8 Å². The van der Waals surface area contributed by atoms with Gasteiger partial charge in [-0.15, -0.1) is 0 Å². The smallest absolute Gasteiger partial charge is 0.237 e. The van der Waals surface area contributed by atoms with Crippen LogP contribution in [0.4, 0.5) is 5.69 Å². The molecule has 2 amide bonds. The molecule has 4 heteroatoms. The normalized spacial score (nSPS) is 28.7. The first-order valence-electron chi connectivity index (χ1n) is 9.76. The molecular formula is C23H23NO3. The minimum atomic E-state index is -0.0808. The number of aryl methyl sites for hydroxylation is 2. The van der Waals surface area contributed by atoms with Crippen LogP contribution in [0.1, 0.15) is 30.4 Å². The molecule has 3 fully saturated rings. The number of amides is 2. The molecule has 0 radical (unpaired) electrons. The molecule has 0 aromatic heterocycles. The Labute approximate surface area is 159 Å². The summed E-state index contributed by atoms with van der Waals surface area (Å²) in [6, 6.07) is 13.3. The molecule has 3 aliphatic rings. The van der Waals surface area contributed by atoms with Crippen molar-refractivity contribution < 1.29 is 14.3 Å². The van der Waals surface area contributed by atoms with Crippen LogP contribution in [0.3, 0.4) is 0 Å². The lowest BCUT2D eigenvalue weighted by atomic mass is 9.81. The molecule has 4 nitrogen and oxygen atoms in total. The highest BCUT2D eigenvalue weighted by Crippen LogP contribution is 2.56. The van der Waals surface area contributed by atoms with E-state index >= 15 is 0 Å². The van der Waals surface area contributed by atoms with Crippen molar-refractivity contribution in [3.63, 3.8) is 0 Å². The predicted molar refractivity (Wildman–Crippen MR) is 103 cm³/mol. The maximum atomic E-state index is 12.9. The third kappa shape index (κ3) is 2.50. The van der Waals surface area contributed by atoms with Gasteiger partial charge < -0.3 is 4.74 Å². The summed E-state index contributed by atoms with van der Waals surface area (Å²) in [7, 11) is 0. The largest absolute Gasteiger partial charge is 0.457 e. The minimum Gasteiger partial charge on any atom is -0.457 e. The van der Waals surface area contributed by atoms with Crippen LogP contribution < -0.4 is 9.64 Å². The number of benzene rings is 2. The van der Waals surface area contributed by atoms with Gasteiger partial charge in [0.2, 0.25) is 11.8 Å². The highest BCUT2D eigenvalue weighted by Gasteiger charge is 2.61. The van der Waals surface area contributed by atoms with Crippen LogP contribution in [-0.2, 0) is 9.59 Å². The number of hydrogen-bond acceptors (Lipinski definition) is 3. The van der Waals surface area contributed by atoms with Crippen molar-refractivity contribution in [3.05, 3.63) is 53.6 Å². The van der Waals surface area contributed by atoms with Gasteiger partial charge in [0.25, 0.3) is 0 Å². The number of ether oxygens (including phenoxy) is 1. The zero-order valence-electron chi connectivity index (χ0n) is 15.6. The van der Waals surface area contributed by atoms with Gasteiger partial charge in [-0.05, 0) is 92.5 Å². The molecule has 5 rings (SSSR count). The van der Waals surface area contributed by atoms with Crippen molar-refractivity contribution in [3.8, 4) is 11.5 Å². The summed E-state index contributed by atoms with van der Waals surface area (Å²) in [5.41, 5.74) is 3.06. The van der Waals surface area contributed by atoms with E-state index in [0.29, 0.717) is 23.3 Å². The highest BCUT2D eigenvalue weighted by molar-refractivity contribution is 6.22. The average molecular weight is 361 g/mol. The van der Waals surface area contributed by atoms with Crippen molar-refractivity contribution >= 4 is 17.5 Å². The first-order valence-corrected chi connectivity index (χ1v) is 9.76. The van der Waals surface area contributed by atoms with E-state index < -0.39 is 0 Å². The van der Waals surface area contributed by atoms with Crippen molar-refractivity contribution in [1.82, 2.24) is 0 Å². The van der Waals surface area contributed by atoms with Gasteiger partial charge in [-0.2, -0.15) is 0 Å². The number of rotatable bonds is 3. The fraction of sp³-hybridized carbons (Fsp3) is 0.391. The van der Waals surface area contributed by atoms with Gasteiger partial charge >= 0.3 is 0 Å². The number of carbonyl (C=O) groups excluding carboxylic acids is 2. The molecule has 0 N–H and O–H groups in total. The number of anilines is 1. The summed E-state index contributed by atoms with van der Waals surface area (Å²) < 4.78 is 5.92. The van der Waals surface area contributed by atoms with Crippen LogP contribution >= 0.6 is 0 Å². The lowest BCUT2D eigenvalue weighted by molar-refractivity contribution is -0.123. The Hall–Kier alpha value is -2.62. The molecule has 4 atom stereocenters. The molecule has 2 aliphatic carbocycles. The van der Waals surface area contributed by atoms with Crippen LogP contribution in [0, 0.1) is 37.5 Å². The van der Waals surface area contributed by atoms with Gasteiger partial charge in [0.05, 0.1) is 17.5 Å². The lowest BCUT2D eigenvalue weighted by Gasteiger charge is -2.19. The zero-order valence-corrected chi connectivity index (χ0v) is 15.6. The molecule has 2 bridgehead atoms. The Morgan fingerprint density at radius 1 is 0.815 bits per heavy atom. The summed E-state index contributed by atoms with van der Waals surface area (Å²) in [5.74, 6) is 2.14. The fourth-order valence-electron chi connectivity index (χ4n) is 5.24. The first-order chi connectivity index (χ1) is 13.0. The maximum Gasteiger partial charge on any atom is 0.237 e. The second-order valence-corrected chi connectivity index (χ2v) is 8.24. The highest BCUT2D eigenvalue weighted by atomic mass is 16.5. The van der Waals surface area contributed by atoms with E-state index in [1.54, 1.807) is 0 Å². The van der Waals surface area contributed by atoms with Crippen LogP contribution in [0.25, 0.3) is 0 Å². The van der Waals surface area contributed by atoms with E-state index in [1.807, 2.05) is 42.5 Å². The zero-order chi connectivity index (χ0) is 18.7. The monoisotopic (exact) mass is 361 g/mol. The topological polar surface area (TPSA) is 46.6 Å². The molecule has 2 saturated carbocycles. The van der Waals surface area contributed by atoms with Gasteiger partial charge in [-0.3, -0.25) is 14.5 Å². The average Bonchev–Trinajstić information content (AvgIpc) is 3.33. The Morgan fingerprint density at radius 2 is 1.41 bits per heavy atom. The van der Waals surface area contributed by atoms with E-state index in [1.165, 1.54) is 16.0 Å². The predicted octanol–water partition coefficient (Wildman–Crippen LogP) is 4.63. The van der Waals surface area contributed by atoms with Gasteiger partial charge in [0.1, 0.15) is 11.5 Å². The van der Waals surface area contributed by atoms with Gasteiger partial charge in [0.15, 0.2) is 0 Å². The molecule has 1 aliphatic heterocycles. The van der Waals surface area contributed by atoms with Crippen LogP contribution in [0.5, 0.6) is 11.5 Å². The first kappa shape index (κ1) is 16.5. The van der Waals surface area contributed by atoms with Crippen molar-refractivity contribution in [2.45, 2.75) is 33.1 Å². The number of carbonyl (C=O) groups is 2. The molecule has 2 aromatic carbocycles. The molecule has 138 valence electrons. The molecule has 0 unspecified atom stereocenters. The molecule has 27 heavy (non-hydrogen) atoms. The van der Waals surface area contributed by atoms with E-state index in [9.17, 15) is 9.59 Å². The number of nitrogens with zero attached hydrogens (tertiary/aromatic N) is 1. The minimum absolute atomic E-state index is 0.0000257. The Balaban J connectivity index is 1.37. The van der Waals surface area contributed by atoms with E-state index in [4.69, 9.17) is 4.74 Å². The van der Waals surface area contributed by atoms with Crippen molar-refractivity contribution in [1.29, 1.82) is 0 Å². The summed E-state index contributed by atoms with van der Waals surface area (Å²) in [6.07, 6.45) is 3.26. The fourth-order valence-corrected chi connectivity index (χ4v) is 5.24. The summed E-state index contributed by atoms with van der Waals surface area (Å²) >= 11 is 0. The third-order valence-corrected chi connectivity index (χ3v) is 6.74. The second kappa shape index (κ2) is 5.95. The Morgan fingerprint density at radius 3 is 2.00 bits per heavy atom.